The van der Waals surface area contributed by atoms with Gasteiger partial charge in [-0.05, 0) is 61.5 Å². The molecule has 2 aromatic heterocycles. The molecule has 3 heterocycles. The molecule has 1 saturated carbocycles. The van der Waals surface area contributed by atoms with E-state index >= 15 is 0 Å². The lowest BCUT2D eigenvalue weighted by Gasteiger charge is -2.40. The van der Waals surface area contributed by atoms with Gasteiger partial charge in [-0.25, -0.2) is 4.98 Å². The van der Waals surface area contributed by atoms with E-state index in [9.17, 15) is 9.59 Å². The molecular weight excluding hydrogens is 402 g/mol. The van der Waals surface area contributed by atoms with Crippen LogP contribution >= 0.6 is 0 Å². The molecule has 3 N–H and O–H groups in total. The number of fused-ring (bicyclic) bond motifs is 1. The normalized spacial score (nSPS) is 23.9. The number of nitrogens with one attached hydrogen (secondary N) is 1. The molecular formula is C25H37N5O2. The number of pyridine rings is 1. The molecule has 1 saturated heterocycles. The van der Waals surface area contributed by atoms with Gasteiger partial charge in [0, 0.05) is 31.9 Å². The van der Waals surface area contributed by atoms with Crippen molar-refractivity contribution in [2.45, 2.75) is 65.3 Å². The van der Waals surface area contributed by atoms with Crippen molar-refractivity contribution in [3.63, 3.8) is 0 Å². The van der Waals surface area contributed by atoms with E-state index in [-0.39, 0.29) is 24.3 Å². The number of carbonyl (C=O) groups excluding carboxylic acids is 2. The quantitative estimate of drug-likeness (QED) is 0.749. The third-order valence-electron chi connectivity index (χ3n) is 7.71. The van der Waals surface area contributed by atoms with Gasteiger partial charge in [0.1, 0.15) is 11.3 Å². The molecule has 2 atom stereocenters. The van der Waals surface area contributed by atoms with Gasteiger partial charge in [0.15, 0.2) is 0 Å². The first-order chi connectivity index (χ1) is 15.2. The van der Waals surface area contributed by atoms with Crippen LogP contribution in [0.2, 0.25) is 0 Å². The molecule has 1 aliphatic heterocycles. The second-order valence-electron chi connectivity index (χ2n) is 10.5. The molecule has 4 rings (SSSR count). The highest BCUT2D eigenvalue weighted by molar-refractivity contribution is 5.93. The molecule has 2 amide bonds. The number of nitrogens with two attached hydrogens (primary N) is 1. The highest BCUT2D eigenvalue weighted by atomic mass is 16.2. The van der Waals surface area contributed by atoms with Gasteiger partial charge in [-0.15, -0.1) is 0 Å². The van der Waals surface area contributed by atoms with E-state index in [1.807, 2.05) is 29.3 Å². The summed E-state index contributed by atoms with van der Waals surface area (Å²) in [5, 5.41) is 3.14. The molecule has 0 bridgehead atoms. The van der Waals surface area contributed by atoms with E-state index in [2.05, 4.69) is 31.1 Å². The number of likely N-dealkylation sites (tertiary alicyclic amines) is 1. The first-order valence-electron chi connectivity index (χ1n) is 12.0. The van der Waals surface area contributed by atoms with Gasteiger partial charge in [0.2, 0.25) is 5.91 Å². The first-order valence-corrected chi connectivity index (χ1v) is 12.0. The Hall–Kier alpha value is -2.41. The van der Waals surface area contributed by atoms with Crippen LogP contribution in [-0.2, 0) is 11.2 Å². The fraction of sp³-hybridized carbons (Fsp3) is 0.640. The standard InChI is InChI=1S/C25H37N5O2/c1-17-7-8-18(14-25(17,2)3)15-27-24(32)21-5-4-6-22-28-20(16-30(21)22)13-23(31)29-11-9-19(26)10-12-29/h4-6,16-19H,7-15,26H2,1-3H3,(H,27,32)/t17?,18-/m1/s1. The summed E-state index contributed by atoms with van der Waals surface area (Å²) in [4.78, 5) is 32.1. The van der Waals surface area contributed by atoms with Crippen molar-refractivity contribution in [1.82, 2.24) is 19.6 Å². The van der Waals surface area contributed by atoms with E-state index in [1.165, 1.54) is 6.42 Å². The van der Waals surface area contributed by atoms with Gasteiger partial charge < -0.3 is 16.0 Å². The van der Waals surface area contributed by atoms with E-state index in [4.69, 9.17) is 5.73 Å². The largest absolute Gasteiger partial charge is 0.350 e. The minimum Gasteiger partial charge on any atom is -0.350 e. The number of nitrogens with zero attached hydrogens (tertiary/aromatic N) is 3. The van der Waals surface area contributed by atoms with Crippen LogP contribution in [0, 0.1) is 17.3 Å². The molecule has 0 spiro atoms. The van der Waals surface area contributed by atoms with E-state index in [1.54, 1.807) is 4.40 Å². The maximum absolute atomic E-state index is 13.0. The van der Waals surface area contributed by atoms with Gasteiger partial charge in [0.25, 0.3) is 5.91 Å². The van der Waals surface area contributed by atoms with Crippen molar-refractivity contribution in [2.75, 3.05) is 19.6 Å². The average Bonchev–Trinajstić information content (AvgIpc) is 3.17. The molecule has 32 heavy (non-hydrogen) atoms. The topological polar surface area (TPSA) is 92.7 Å². The molecule has 7 heteroatoms. The van der Waals surface area contributed by atoms with Crippen LogP contribution in [0.4, 0.5) is 0 Å². The molecule has 0 radical (unpaired) electrons. The Morgan fingerprint density at radius 1 is 1.19 bits per heavy atom. The summed E-state index contributed by atoms with van der Waals surface area (Å²) >= 11 is 0. The highest BCUT2D eigenvalue weighted by Gasteiger charge is 2.34. The molecule has 2 fully saturated rings. The van der Waals surface area contributed by atoms with Crippen molar-refractivity contribution in [3.05, 3.63) is 35.8 Å². The molecule has 174 valence electrons. The average molecular weight is 440 g/mol. The Bertz CT molecular complexity index is 974. The number of aromatic nitrogens is 2. The highest BCUT2D eigenvalue weighted by Crippen LogP contribution is 2.42. The van der Waals surface area contributed by atoms with Gasteiger partial charge in [-0.3, -0.25) is 14.0 Å². The summed E-state index contributed by atoms with van der Waals surface area (Å²) in [6.07, 6.45) is 7.27. The van der Waals surface area contributed by atoms with Crippen molar-refractivity contribution in [1.29, 1.82) is 0 Å². The summed E-state index contributed by atoms with van der Waals surface area (Å²) in [6.45, 7) is 9.10. The maximum atomic E-state index is 13.0. The third kappa shape index (κ3) is 4.98. The molecule has 0 aromatic carbocycles. The molecule has 1 unspecified atom stereocenters. The van der Waals surface area contributed by atoms with Crippen LogP contribution in [0.25, 0.3) is 5.65 Å². The lowest BCUT2D eigenvalue weighted by atomic mass is 9.66. The summed E-state index contributed by atoms with van der Waals surface area (Å²) in [5.41, 5.74) is 8.20. The Morgan fingerprint density at radius 3 is 2.66 bits per heavy atom. The number of rotatable bonds is 5. The molecule has 2 aliphatic rings. The zero-order valence-electron chi connectivity index (χ0n) is 19.6. The first kappa shape index (κ1) is 22.8. The zero-order valence-corrected chi connectivity index (χ0v) is 19.6. The monoisotopic (exact) mass is 439 g/mol. The molecule has 1 aliphatic carbocycles. The van der Waals surface area contributed by atoms with Crippen LogP contribution < -0.4 is 11.1 Å². The SMILES string of the molecule is CC1CC[C@@H](CNC(=O)c2cccc3nc(CC(=O)N4CCC(N)CC4)cn23)CC1(C)C. The lowest BCUT2D eigenvalue weighted by molar-refractivity contribution is -0.131. The number of amides is 2. The third-order valence-corrected chi connectivity index (χ3v) is 7.71. The number of hydrogen-bond donors (Lipinski definition) is 2. The number of imidazole rings is 1. The fourth-order valence-corrected chi connectivity index (χ4v) is 5.17. The Balaban J connectivity index is 1.40. The molecule has 2 aromatic rings. The predicted octanol–water partition coefficient (Wildman–Crippen LogP) is 3.02. The van der Waals surface area contributed by atoms with Gasteiger partial charge in [-0.1, -0.05) is 26.8 Å². The summed E-state index contributed by atoms with van der Waals surface area (Å²) in [7, 11) is 0. The van der Waals surface area contributed by atoms with Gasteiger partial charge >= 0.3 is 0 Å². The van der Waals surface area contributed by atoms with E-state index in [0.29, 0.717) is 48.0 Å². The van der Waals surface area contributed by atoms with Crippen LogP contribution in [0.15, 0.2) is 24.4 Å². The Labute approximate surface area is 190 Å². The van der Waals surface area contributed by atoms with E-state index < -0.39 is 0 Å². The summed E-state index contributed by atoms with van der Waals surface area (Å²) in [6, 6.07) is 5.73. The maximum Gasteiger partial charge on any atom is 0.268 e. The number of hydrogen-bond acceptors (Lipinski definition) is 4. The fourth-order valence-electron chi connectivity index (χ4n) is 5.17. The zero-order chi connectivity index (χ0) is 22.9. The van der Waals surface area contributed by atoms with Crippen LogP contribution in [0.1, 0.15) is 69.1 Å². The Kier molecular flexibility index (Phi) is 6.56. The molecule has 7 nitrogen and oxygen atoms in total. The predicted molar refractivity (Wildman–Crippen MR) is 125 cm³/mol. The minimum absolute atomic E-state index is 0.0699. The second kappa shape index (κ2) is 9.22. The number of piperidine rings is 1. The lowest BCUT2D eigenvalue weighted by Crippen LogP contribution is -2.43. The second-order valence-corrected chi connectivity index (χ2v) is 10.5. The Morgan fingerprint density at radius 2 is 1.94 bits per heavy atom. The number of carbonyl (C=O) groups is 2. The smallest absolute Gasteiger partial charge is 0.268 e. The van der Waals surface area contributed by atoms with Crippen LogP contribution in [0.5, 0.6) is 0 Å². The van der Waals surface area contributed by atoms with Crippen molar-refractivity contribution in [2.24, 2.45) is 23.0 Å². The summed E-state index contributed by atoms with van der Waals surface area (Å²) < 4.78 is 1.80. The van der Waals surface area contributed by atoms with Crippen molar-refractivity contribution < 1.29 is 9.59 Å². The summed E-state index contributed by atoms with van der Waals surface area (Å²) in [5.74, 6) is 1.21. The van der Waals surface area contributed by atoms with Crippen molar-refractivity contribution >= 4 is 17.5 Å². The van der Waals surface area contributed by atoms with Crippen LogP contribution in [0.3, 0.4) is 0 Å². The minimum atomic E-state index is -0.0904. The van der Waals surface area contributed by atoms with Crippen LogP contribution in [-0.4, -0.2) is 51.8 Å². The van der Waals surface area contributed by atoms with Gasteiger partial charge in [-0.2, -0.15) is 0 Å². The van der Waals surface area contributed by atoms with E-state index in [0.717, 1.165) is 31.6 Å². The van der Waals surface area contributed by atoms with Crippen molar-refractivity contribution in [3.8, 4) is 0 Å². The van der Waals surface area contributed by atoms with Gasteiger partial charge in [0.05, 0.1) is 12.1 Å².